The van der Waals surface area contributed by atoms with Crippen molar-refractivity contribution in [2.45, 2.75) is 76.0 Å². The van der Waals surface area contributed by atoms with Crippen LogP contribution in [0, 0.1) is 0 Å². The van der Waals surface area contributed by atoms with E-state index in [9.17, 15) is 24.3 Å². The summed E-state index contributed by atoms with van der Waals surface area (Å²) in [5.41, 5.74) is 11.1. The van der Waals surface area contributed by atoms with Crippen LogP contribution in [0.5, 0.6) is 0 Å². The Hall–Kier alpha value is -2.20. The summed E-state index contributed by atoms with van der Waals surface area (Å²) < 4.78 is 0. The molecule has 0 aromatic heterocycles. The number of carboxylic acids is 1. The second kappa shape index (κ2) is 10.5. The summed E-state index contributed by atoms with van der Waals surface area (Å²) in [4.78, 5) is 52.6. The van der Waals surface area contributed by atoms with Gasteiger partial charge in [-0.05, 0) is 58.4 Å². The van der Waals surface area contributed by atoms with Crippen LogP contribution < -0.4 is 16.8 Å². The second-order valence-electron chi connectivity index (χ2n) is 7.85. The first-order chi connectivity index (χ1) is 13.8. The first-order valence-electron chi connectivity index (χ1n) is 10.4. The third kappa shape index (κ3) is 5.66. The lowest BCUT2D eigenvalue weighted by atomic mass is 10.1. The molecular weight excluding hydrogens is 378 g/mol. The van der Waals surface area contributed by atoms with Crippen LogP contribution in [0.25, 0.3) is 0 Å². The molecule has 6 N–H and O–H groups in total. The number of rotatable bonds is 9. The van der Waals surface area contributed by atoms with Crippen molar-refractivity contribution in [2.24, 2.45) is 11.5 Å². The van der Waals surface area contributed by atoms with E-state index >= 15 is 0 Å². The summed E-state index contributed by atoms with van der Waals surface area (Å²) in [6, 6.07) is -3.02. The molecule has 2 heterocycles. The maximum Gasteiger partial charge on any atom is 0.326 e. The molecule has 2 saturated heterocycles. The van der Waals surface area contributed by atoms with Crippen molar-refractivity contribution >= 4 is 23.7 Å². The molecule has 10 heteroatoms. The van der Waals surface area contributed by atoms with Gasteiger partial charge in [-0.2, -0.15) is 0 Å². The van der Waals surface area contributed by atoms with Gasteiger partial charge in [0.2, 0.25) is 17.7 Å². The molecule has 0 aromatic carbocycles. The van der Waals surface area contributed by atoms with Crippen molar-refractivity contribution in [3.63, 3.8) is 0 Å². The number of hydrogen-bond acceptors (Lipinski definition) is 6. The van der Waals surface area contributed by atoms with Crippen LogP contribution in [0.4, 0.5) is 0 Å². The van der Waals surface area contributed by atoms with E-state index in [-0.39, 0.29) is 18.2 Å². The Morgan fingerprint density at radius 3 is 2.28 bits per heavy atom. The number of aliphatic carboxylic acids is 1. The molecule has 2 aliphatic heterocycles. The smallest absolute Gasteiger partial charge is 0.326 e. The number of nitrogens with one attached hydrogen (secondary N) is 1. The fourth-order valence-electron chi connectivity index (χ4n) is 4.06. The van der Waals surface area contributed by atoms with Crippen molar-refractivity contribution in [3.05, 3.63) is 0 Å². The monoisotopic (exact) mass is 411 g/mol. The van der Waals surface area contributed by atoms with Gasteiger partial charge in [0, 0.05) is 13.1 Å². The predicted molar refractivity (Wildman–Crippen MR) is 106 cm³/mol. The van der Waals surface area contributed by atoms with Crippen LogP contribution in [0.15, 0.2) is 0 Å². The number of likely N-dealkylation sites (tertiary alicyclic amines) is 2. The molecule has 2 rings (SSSR count). The highest BCUT2D eigenvalue weighted by Crippen LogP contribution is 2.25. The number of carbonyl (C=O) groups excluding carboxylic acids is 3. The molecular formula is C19H33N5O5. The Labute approximate surface area is 170 Å². The normalized spacial score (nSPS) is 23.7. The van der Waals surface area contributed by atoms with E-state index in [0.29, 0.717) is 58.2 Å². The summed E-state index contributed by atoms with van der Waals surface area (Å²) in [5.74, 6) is -2.09. The molecule has 0 radical (unpaired) electrons. The van der Waals surface area contributed by atoms with Gasteiger partial charge >= 0.3 is 5.97 Å². The standard InChI is InChI=1S/C19H33N5O5/c1-12(21)17(26)24-11-5-8-15(24)18(27)23-10-4-7-14(23)16(25)22-13(19(28)29)6-2-3-9-20/h12-15H,2-11,20-21H2,1H3,(H,22,25)(H,28,29). The minimum Gasteiger partial charge on any atom is -0.480 e. The van der Waals surface area contributed by atoms with E-state index in [1.165, 1.54) is 9.80 Å². The number of unbranched alkanes of at least 4 members (excludes halogenated alkanes) is 1. The van der Waals surface area contributed by atoms with Gasteiger partial charge in [-0.3, -0.25) is 14.4 Å². The van der Waals surface area contributed by atoms with Crippen molar-refractivity contribution in [2.75, 3.05) is 19.6 Å². The SMILES string of the molecule is CC(N)C(=O)N1CCCC1C(=O)N1CCCC1C(=O)NC(CCCCN)C(=O)O. The molecule has 0 bridgehead atoms. The maximum atomic E-state index is 13.1. The van der Waals surface area contributed by atoms with Gasteiger partial charge in [-0.1, -0.05) is 0 Å². The highest BCUT2D eigenvalue weighted by atomic mass is 16.4. The number of hydrogen-bond donors (Lipinski definition) is 4. The lowest BCUT2D eigenvalue weighted by Crippen LogP contribution is -2.56. The number of carboxylic acid groups (broad SMARTS) is 1. The number of amides is 3. The summed E-state index contributed by atoms with van der Waals surface area (Å²) in [6.45, 7) is 2.94. The zero-order valence-electron chi connectivity index (χ0n) is 17.0. The zero-order valence-corrected chi connectivity index (χ0v) is 17.0. The summed E-state index contributed by atoms with van der Waals surface area (Å²) in [5, 5.41) is 11.9. The van der Waals surface area contributed by atoms with Gasteiger partial charge in [0.25, 0.3) is 0 Å². The van der Waals surface area contributed by atoms with Crippen molar-refractivity contribution < 1.29 is 24.3 Å². The fourth-order valence-corrected chi connectivity index (χ4v) is 4.06. The topological polar surface area (TPSA) is 159 Å². The molecule has 10 nitrogen and oxygen atoms in total. The molecule has 2 fully saturated rings. The van der Waals surface area contributed by atoms with E-state index in [0.717, 1.165) is 0 Å². The second-order valence-corrected chi connectivity index (χ2v) is 7.85. The Morgan fingerprint density at radius 2 is 1.69 bits per heavy atom. The fraction of sp³-hybridized carbons (Fsp3) is 0.789. The molecule has 29 heavy (non-hydrogen) atoms. The molecule has 3 amide bonds. The van der Waals surface area contributed by atoms with Gasteiger partial charge in [0.1, 0.15) is 18.1 Å². The van der Waals surface area contributed by atoms with Crippen LogP contribution in [-0.2, 0) is 19.2 Å². The largest absolute Gasteiger partial charge is 0.480 e. The minimum absolute atomic E-state index is 0.260. The summed E-state index contributed by atoms with van der Waals surface area (Å²) >= 11 is 0. The number of nitrogens with zero attached hydrogens (tertiary/aromatic N) is 2. The van der Waals surface area contributed by atoms with Gasteiger partial charge in [0.15, 0.2) is 0 Å². The van der Waals surface area contributed by atoms with E-state index in [2.05, 4.69) is 5.32 Å². The maximum absolute atomic E-state index is 13.1. The van der Waals surface area contributed by atoms with Crippen molar-refractivity contribution in [3.8, 4) is 0 Å². The molecule has 4 unspecified atom stereocenters. The van der Waals surface area contributed by atoms with Crippen LogP contribution in [0.1, 0.15) is 51.9 Å². The quantitative estimate of drug-likeness (QED) is 0.355. The third-order valence-corrected chi connectivity index (χ3v) is 5.61. The van der Waals surface area contributed by atoms with Gasteiger partial charge in [0.05, 0.1) is 6.04 Å². The van der Waals surface area contributed by atoms with Crippen molar-refractivity contribution in [1.82, 2.24) is 15.1 Å². The molecule has 164 valence electrons. The van der Waals surface area contributed by atoms with Gasteiger partial charge in [-0.25, -0.2) is 4.79 Å². The number of carbonyl (C=O) groups is 4. The third-order valence-electron chi connectivity index (χ3n) is 5.61. The Bertz CT molecular complexity index is 626. The minimum atomic E-state index is -1.10. The lowest BCUT2D eigenvalue weighted by Gasteiger charge is -2.32. The molecule has 0 saturated carbocycles. The van der Waals surface area contributed by atoms with E-state index < -0.39 is 36.0 Å². The van der Waals surface area contributed by atoms with E-state index in [1.807, 2.05) is 0 Å². The van der Waals surface area contributed by atoms with Crippen LogP contribution in [0.3, 0.4) is 0 Å². The average Bonchev–Trinajstić information content (AvgIpc) is 3.35. The Kier molecular flexibility index (Phi) is 8.39. The van der Waals surface area contributed by atoms with E-state index in [4.69, 9.17) is 11.5 Å². The summed E-state index contributed by atoms with van der Waals surface area (Å²) in [6.07, 6.45) is 3.94. The Balaban J connectivity index is 2.04. The molecule has 4 atom stereocenters. The highest BCUT2D eigenvalue weighted by Gasteiger charge is 2.42. The zero-order chi connectivity index (χ0) is 21.6. The van der Waals surface area contributed by atoms with Crippen LogP contribution in [-0.4, -0.2) is 82.4 Å². The average molecular weight is 412 g/mol. The van der Waals surface area contributed by atoms with Gasteiger partial charge in [-0.15, -0.1) is 0 Å². The lowest BCUT2D eigenvalue weighted by molar-refractivity contribution is -0.148. The number of nitrogens with two attached hydrogens (primary N) is 2. The van der Waals surface area contributed by atoms with Crippen LogP contribution in [0.2, 0.25) is 0 Å². The van der Waals surface area contributed by atoms with Gasteiger partial charge < -0.3 is 31.7 Å². The first kappa shape index (κ1) is 23.1. The molecule has 2 aliphatic rings. The Morgan fingerprint density at radius 1 is 1.07 bits per heavy atom. The molecule has 0 spiro atoms. The molecule has 0 aliphatic carbocycles. The highest BCUT2D eigenvalue weighted by molar-refractivity contribution is 5.94. The first-order valence-corrected chi connectivity index (χ1v) is 10.4. The van der Waals surface area contributed by atoms with Crippen LogP contribution >= 0.6 is 0 Å². The predicted octanol–water partition coefficient (Wildman–Crippen LogP) is -0.986. The van der Waals surface area contributed by atoms with E-state index in [1.54, 1.807) is 6.92 Å². The summed E-state index contributed by atoms with van der Waals surface area (Å²) in [7, 11) is 0. The molecule has 0 aromatic rings. The van der Waals surface area contributed by atoms with Crippen molar-refractivity contribution in [1.29, 1.82) is 0 Å².